The maximum absolute atomic E-state index is 9.00. The SMILES string of the molecule is CC(C)CNCC1CC(O)C1. The van der Waals surface area contributed by atoms with Gasteiger partial charge in [-0.3, -0.25) is 0 Å². The molecule has 2 N–H and O–H groups in total. The molecular weight excluding hydrogens is 138 g/mol. The Bertz CT molecular complexity index is 108. The van der Waals surface area contributed by atoms with Crippen molar-refractivity contribution in [1.29, 1.82) is 0 Å². The van der Waals surface area contributed by atoms with E-state index in [0.717, 1.165) is 37.8 Å². The van der Waals surface area contributed by atoms with E-state index >= 15 is 0 Å². The van der Waals surface area contributed by atoms with Gasteiger partial charge in [0.1, 0.15) is 0 Å². The van der Waals surface area contributed by atoms with E-state index in [1.165, 1.54) is 0 Å². The van der Waals surface area contributed by atoms with Crippen molar-refractivity contribution >= 4 is 0 Å². The number of hydrogen-bond donors (Lipinski definition) is 2. The van der Waals surface area contributed by atoms with Gasteiger partial charge in [-0.15, -0.1) is 0 Å². The highest BCUT2D eigenvalue weighted by Crippen LogP contribution is 2.25. The number of hydrogen-bond acceptors (Lipinski definition) is 2. The zero-order valence-corrected chi connectivity index (χ0v) is 7.51. The van der Waals surface area contributed by atoms with Gasteiger partial charge in [0.25, 0.3) is 0 Å². The summed E-state index contributed by atoms with van der Waals surface area (Å²) >= 11 is 0. The second kappa shape index (κ2) is 4.07. The van der Waals surface area contributed by atoms with Crippen LogP contribution in [0.25, 0.3) is 0 Å². The van der Waals surface area contributed by atoms with Crippen LogP contribution >= 0.6 is 0 Å². The Morgan fingerprint density at radius 3 is 2.55 bits per heavy atom. The van der Waals surface area contributed by atoms with E-state index in [1.54, 1.807) is 0 Å². The Labute approximate surface area is 69.0 Å². The molecule has 1 saturated carbocycles. The lowest BCUT2D eigenvalue weighted by atomic mass is 9.82. The first kappa shape index (κ1) is 9.01. The second-order valence-electron chi connectivity index (χ2n) is 4.04. The maximum atomic E-state index is 9.00. The zero-order valence-electron chi connectivity index (χ0n) is 7.51. The zero-order chi connectivity index (χ0) is 8.27. The summed E-state index contributed by atoms with van der Waals surface area (Å²) in [6.07, 6.45) is 2.01. The second-order valence-corrected chi connectivity index (χ2v) is 4.04. The monoisotopic (exact) mass is 157 g/mol. The molecule has 0 amide bonds. The van der Waals surface area contributed by atoms with Crippen molar-refractivity contribution in [2.45, 2.75) is 32.8 Å². The Kier molecular flexibility index (Phi) is 3.34. The number of rotatable bonds is 4. The van der Waals surface area contributed by atoms with Crippen molar-refractivity contribution in [2.75, 3.05) is 13.1 Å². The summed E-state index contributed by atoms with van der Waals surface area (Å²) in [5, 5.41) is 12.4. The molecule has 11 heavy (non-hydrogen) atoms. The Hall–Kier alpha value is -0.0800. The summed E-state index contributed by atoms with van der Waals surface area (Å²) in [6.45, 7) is 6.62. The van der Waals surface area contributed by atoms with Gasteiger partial charge in [-0.05, 0) is 37.8 Å². The molecule has 0 atom stereocenters. The summed E-state index contributed by atoms with van der Waals surface area (Å²) in [4.78, 5) is 0. The van der Waals surface area contributed by atoms with Crippen molar-refractivity contribution in [3.63, 3.8) is 0 Å². The van der Waals surface area contributed by atoms with Crippen molar-refractivity contribution in [3.8, 4) is 0 Å². The number of aliphatic hydroxyl groups excluding tert-OH is 1. The van der Waals surface area contributed by atoms with Crippen molar-refractivity contribution in [1.82, 2.24) is 5.32 Å². The van der Waals surface area contributed by atoms with Crippen molar-refractivity contribution in [3.05, 3.63) is 0 Å². The lowest BCUT2D eigenvalue weighted by Crippen LogP contribution is -2.37. The fraction of sp³-hybridized carbons (Fsp3) is 1.00. The molecule has 66 valence electrons. The lowest BCUT2D eigenvalue weighted by Gasteiger charge is -2.31. The van der Waals surface area contributed by atoms with Crippen LogP contribution in [0, 0.1) is 11.8 Å². The Morgan fingerprint density at radius 1 is 1.45 bits per heavy atom. The molecule has 2 nitrogen and oxygen atoms in total. The van der Waals surface area contributed by atoms with Gasteiger partial charge < -0.3 is 10.4 Å². The minimum absolute atomic E-state index is 0.000787. The molecule has 0 aromatic heterocycles. The molecule has 1 fully saturated rings. The molecule has 0 unspecified atom stereocenters. The minimum atomic E-state index is 0.000787. The summed E-state index contributed by atoms with van der Waals surface area (Å²) in [5.74, 6) is 1.48. The molecule has 0 aromatic carbocycles. The fourth-order valence-electron chi connectivity index (χ4n) is 1.44. The molecule has 2 heteroatoms. The maximum Gasteiger partial charge on any atom is 0.0546 e. The van der Waals surface area contributed by atoms with Crippen LogP contribution in [0.5, 0.6) is 0 Å². The summed E-state index contributed by atoms with van der Waals surface area (Å²) in [6, 6.07) is 0. The third-order valence-corrected chi connectivity index (χ3v) is 2.20. The first-order valence-corrected chi connectivity index (χ1v) is 4.57. The quantitative estimate of drug-likeness (QED) is 0.638. The molecule has 0 bridgehead atoms. The summed E-state index contributed by atoms with van der Waals surface area (Å²) in [5.41, 5.74) is 0. The predicted molar refractivity (Wildman–Crippen MR) is 46.4 cm³/mol. The van der Waals surface area contributed by atoms with E-state index in [4.69, 9.17) is 5.11 Å². The van der Waals surface area contributed by atoms with Gasteiger partial charge >= 0.3 is 0 Å². The molecule has 1 aliphatic rings. The highest BCUT2D eigenvalue weighted by atomic mass is 16.3. The summed E-state index contributed by atoms with van der Waals surface area (Å²) < 4.78 is 0. The van der Waals surface area contributed by atoms with Crippen LogP contribution in [-0.2, 0) is 0 Å². The molecule has 0 radical (unpaired) electrons. The predicted octanol–water partition coefficient (Wildman–Crippen LogP) is 1.00. The van der Waals surface area contributed by atoms with Gasteiger partial charge in [-0.25, -0.2) is 0 Å². The van der Waals surface area contributed by atoms with Gasteiger partial charge in [0.05, 0.1) is 6.10 Å². The molecule has 1 rings (SSSR count). The van der Waals surface area contributed by atoms with Crippen molar-refractivity contribution < 1.29 is 5.11 Å². The molecule has 0 saturated heterocycles. The van der Waals surface area contributed by atoms with E-state index in [9.17, 15) is 0 Å². The van der Waals surface area contributed by atoms with Crippen LogP contribution in [0.2, 0.25) is 0 Å². The van der Waals surface area contributed by atoms with Crippen LogP contribution in [-0.4, -0.2) is 24.3 Å². The Balaban J connectivity index is 1.89. The summed E-state index contributed by atoms with van der Waals surface area (Å²) in [7, 11) is 0. The normalized spacial score (nSPS) is 30.5. The highest BCUT2D eigenvalue weighted by molar-refractivity contribution is 4.79. The van der Waals surface area contributed by atoms with Crippen LogP contribution in [0.15, 0.2) is 0 Å². The molecule has 0 spiro atoms. The minimum Gasteiger partial charge on any atom is -0.393 e. The van der Waals surface area contributed by atoms with Gasteiger partial charge in [0.15, 0.2) is 0 Å². The average molecular weight is 157 g/mol. The van der Waals surface area contributed by atoms with E-state index in [2.05, 4.69) is 19.2 Å². The fourth-order valence-corrected chi connectivity index (χ4v) is 1.44. The largest absolute Gasteiger partial charge is 0.393 e. The highest BCUT2D eigenvalue weighted by Gasteiger charge is 2.26. The van der Waals surface area contributed by atoms with Crippen molar-refractivity contribution in [2.24, 2.45) is 11.8 Å². The smallest absolute Gasteiger partial charge is 0.0546 e. The van der Waals surface area contributed by atoms with Crippen LogP contribution in [0.3, 0.4) is 0 Å². The number of aliphatic hydroxyl groups is 1. The standard InChI is InChI=1S/C9H19NO/c1-7(2)5-10-6-8-3-9(11)4-8/h7-11H,3-6H2,1-2H3. The molecular formula is C9H19NO. The van der Waals surface area contributed by atoms with Gasteiger partial charge in [0.2, 0.25) is 0 Å². The lowest BCUT2D eigenvalue weighted by molar-refractivity contribution is 0.0429. The van der Waals surface area contributed by atoms with E-state index < -0.39 is 0 Å². The topological polar surface area (TPSA) is 32.3 Å². The van der Waals surface area contributed by atoms with E-state index in [0.29, 0.717) is 0 Å². The van der Waals surface area contributed by atoms with Crippen LogP contribution in [0.4, 0.5) is 0 Å². The third-order valence-electron chi connectivity index (χ3n) is 2.20. The van der Waals surface area contributed by atoms with Gasteiger partial charge in [-0.1, -0.05) is 13.8 Å². The first-order chi connectivity index (χ1) is 5.18. The van der Waals surface area contributed by atoms with Gasteiger partial charge in [-0.2, -0.15) is 0 Å². The third kappa shape index (κ3) is 3.21. The number of nitrogens with one attached hydrogen (secondary N) is 1. The van der Waals surface area contributed by atoms with Crippen LogP contribution < -0.4 is 5.32 Å². The van der Waals surface area contributed by atoms with Gasteiger partial charge in [0, 0.05) is 0 Å². The molecule has 0 heterocycles. The van der Waals surface area contributed by atoms with E-state index in [-0.39, 0.29) is 6.10 Å². The molecule has 1 aliphatic carbocycles. The Morgan fingerprint density at radius 2 is 2.09 bits per heavy atom. The molecule has 0 aliphatic heterocycles. The average Bonchev–Trinajstić information content (AvgIpc) is 1.83. The first-order valence-electron chi connectivity index (χ1n) is 4.57. The molecule has 0 aromatic rings. The van der Waals surface area contributed by atoms with Crippen LogP contribution in [0.1, 0.15) is 26.7 Å². The van der Waals surface area contributed by atoms with E-state index in [1.807, 2.05) is 0 Å².